The Labute approximate surface area is 195 Å². The summed E-state index contributed by atoms with van der Waals surface area (Å²) in [7, 11) is 3.86. The molecule has 1 fully saturated rings. The normalized spacial score (nSPS) is 19.8. The molecule has 33 heavy (non-hydrogen) atoms. The van der Waals surface area contributed by atoms with Crippen LogP contribution >= 0.6 is 0 Å². The Morgan fingerprint density at radius 3 is 2.55 bits per heavy atom. The lowest BCUT2D eigenvalue weighted by Crippen LogP contribution is -2.35. The van der Waals surface area contributed by atoms with E-state index in [1.807, 2.05) is 55.4 Å². The zero-order chi connectivity index (χ0) is 23.7. The van der Waals surface area contributed by atoms with Crippen LogP contribution in [0.1, 0.15) is 54.5 Å². The zero-order valence-electron chi connectivity index (χ0n) is 19.8. The van der Waals surface area contributed by atoms with Gasteiger partial charge in [0.25, 0.3) is 11.7 Å². The number of fused-ring (bicyclic) bond motifs is 1. The van der Waals surface area contributed by atoms with Crippen molar-refractivity contribution in [3.63, 3.8) is 0 Å². The van der Waals surface area contributed by atoms with Gasteiger partial charge in [-0.2, -0.15) is 0 Å². The highest BCUT2D eigenvalue weighted by atomic mass is 16.5. The van der Waals surface area contributed by atoms with E-state index in [4.69, 9.17) is 4.74 Å². The molecule has 0 spiro atoms. The molecule has 4 rings (SSSR count). The van der Waals surface area contributed by atoms with Crippen LogP contribution in [0.5, 0.6) is 5.75 Å². The molecular weight excluding hydrogens is 416 g/mol. The number of hydrogen-bond donors (Lipinski definition) is 1. The molecule has 1 atom stereocenters. The van der Waals surface area contributed by atoms with E-state index in [2.05, 4.69) is 13.8 Å². The van der Waals surface area contributed by atoms with E-state index in [1.165, 1.54) is 5.56 Å². The quantitative estimate of drug-likeness (QED) is 0.409. The van der Waals surface area contributed by atoms with E-state index in [0.29, 0.717) is 31.2 Å². The molecule has 0 radical (unpaired) electrons. The maximum Gasteiger partial charge on any atom is 0.295 e. The molecule has 1 amide bonds. The average Bonchev–Trinajstić information content (AvgIpc) is 3.06. The third-order valence-electron chi connectivity index (χ3n) is 6.43. The molecule has 0 aliphatic carbocycles. The topological polar surface area (TPSA) is 70.1 Å². The minimum absolute atomic E-state index is 0.132. The fourth-order valence-corrected chi connectivity index (χ4v) is 4.49. The second-order valence-electron chi connectivity index (χ2n) is 9.39. The second-order valence-corrected chi connectivity index (χ2v) is 9.39. The van der Waals surface area contributed by atoms with E-state index in [9.17, 15) is 14.7 Å². The minimum Gasteiger partial charge on any atom is -0.507 e. The highest BCUT2D eigenvalue weighted by Crippen LogP contribution is 2.40. The molecular formula is C27H32N2O4. The van der Waals surface area contributed by atoms with Gasteiger partial charge >= 0.3 is 0 Å². The number of rotatable bonds is 6. The molecule has 2 aliphatic rings. The summed E-state index contributed by atoms with van der Waals surface area (Å²) in [5.74, 6) is -0.162. The van der Waals surface area contributed by atoms with Crippen molar-refractivity contribution in [1.82, 2.24) is 9.80 Å². The molecule has 6 nitrogen and oxygen atoms in total. The number of nitrogens with zero attached hydrogens (tertiary/aromatic N) is 2. The van der Waals surface area contributed by atoms with Gasteiger partial charge in [-0.1, -0.05) is 38.1 Å². The molecule has 2 aromatic rings. The summed E-state index contributed by atoms with van der Waals surface area (Å²) >= 11 is 0. The van der Waals surface area contributed by atoms with Gasteiger partial charge in [-0.15, -0.1) is 0 Å². The predicted octanol–water partition coefficient (Wildman–Crippen LogP) is 4.12. The van der Waals surface area contributed by atoms with Crippen molar-refractivity contribution in [2.75, 3.05) is 33.8 Å². The van der Waals surface area contributed by atoms with E-state index < -0.39 is 17.7 Å². The molecule has 2 aliphatic heterocycles. The maximum atomic E-state index is 13.2. The number of carbonyl (C=O) groups excluding carboxylic acids is 2. The molecule has 6 heteroatoms. The summed E-state index contributed by atoms with van der Waals surface area (Å²) in [6.45, 7) is 5.93. The van der Waals surface area contributed by atoms with Gasteiger partial charge in [0.15, 0.2) is 0 Å². The van der Waals surface area contributed by atoms with E-state index in [1.54, 1.807) is 11.0 Å². The van der Waals surface area contributed by atoms with Gasteiger partial charge in [0.1, 0.15) is 11.5 Å². The Bertz CT molecular complexity index is 1090. The van der Waals surface area contributed by atoms with Crippen LogP contribution in [0.2, 0.25) is 0 Å². The highest BCUT2D eigenvalue weighted by Gasteiger charge is 2.45. The summed E-state index contributed by atoms with van der Waals surface area (Å²) < 4.78 is 5.68. The molecule has 0 saturated carbocycles. The van der Waals surface area contributed by atoms with Gasteiger partial charge in [0.2, 0.25) is 0 Å². The fraction of sp³-hybridized carbons (Fsp3) is 0.407. The number of benzene rings is 2. The van der Waals surface area contributed by atoms with Crippen molar-refractivity contribution in [3.8, 4) is 5.75 Å². The molecule has 174 valence electrons. The molecule has 0 aromatic heterocycles. The summed E-state index contributed by atoms with van der Waals surface area (Å²) in [6, 6.07) is 12.8. The van der Waals surface area contributed by atoms with Crippen molar-refractivity contribution < 1.29 is 19.4 Å². The van der Waals surface area contributed by atoms with Crippen LogP contribution in [0, 0.1) is 0 Å². The summed E-state index contributed by atoms with van der Waals surface area (Å²) in [6.07, 6.45) is 1.77. The molecule has 0 bridgehead atoms. The number of hydrogen-bond acceptors (Lipinski definition) is 5. The third kappa shape index (κ3) is 4.53. The van der Waals surface area contributed by atoms with Crippen LogP contribution in [-0.2, 0) is 16.0 Å². The molecule has 1 N–H and O–H groups in total. The highest BCUT2D eigenvalue weighted by molar-refractivity contribution is 6.46. The van der Waals surface area contributed by atoms with Crippen LogP contribution in [0.15, 0.2) is 48.0 Å². The largest absolute Gasteiger partial charge is 0.507 e. The van der Waals surface area contributed by atoms with Gasteiger partial charge in [-0.3, -0.25) is 9.59 Å². The van der Waals surface area contributed by atoms with Gasteiger partial charge in [-0.05, 0) is 67.7 Å². The monoisotopic (exact) mass is 448 g/mol. The third-order valence-corrected chi connectivity index (χ3v) is 6.43. The van der Waals surface area contributed by atoms with Crippen LogP contribution in [0.4, 0.5) is 0 Å². The molecule has 2 heterocycles. The number of ketones is 1. The van der Waals surface area contributed by atoms with Crippen molar-refractivity contribution in [2.24, 2.45) is 0 Å². The van der Waals surface area contributed by atoms with Crippen LogP contribution in [-0.4, -0.2) is 60.4 Å². The lowest BCUT2D eigenvalue weighted by Gasteiger charge is -2.27. The fourth-order valence-electron chi connectivity index (χ4n) is 4.49. The molecule has 1 saturated heterocycles. The Morgan fingerprint density at radius 1 is 1.15 bits per heavy atom. The number of aryl methyl sites for hydroxylation is 1. The Balaban J connectivity index is 1.81. The Morgan fingerprint density at radius 2 is 1.88 bits per heavy atom. The maximum absolute atomic E-state index is 13.2. The van der Waals surface area contributed by atoms with Crippen LogP contribution in [0.3, 0.4) is 0 Å². The van der Waals surface area contributed by atoms with Crippen molar-refractivity contribution in [1.29, 1.82) is 0 Å². The first-order chi connectivity index (χ1) is 15.8. The lowest BCUT2D eigenvalue weighted by molar-refractivity contribution is -0.140. The van der Waals surface area contributed by atoms with Gasteiger partial charge in [0, 0.05) is 18.7 Å². The number of Topliss-reactive ketones (excluding diaryl/α,β-unsaturated/α-hetero) is 1. The van der Waals surface area contributed by atoms with Gasteiger partial charge in [0.05, 0.1) is 18.2 Å². The number of aliphatic hydroxyl groups is 1. The minimum atomic E-state index is -0.641. The van der Waals surface area contributed by atoms with Crippen LogP contribution in [0.25, 0.3) is 5.76 Å². The number of carbonyl (C=O) groups is 2. The van der Waals surface area contributed by atoms with Crippen molar-refractivity contribution >= 4 is 17.4 Å². The number of aliphatic hydroxyl groups excluding tert-OH is 1. The Kier molecular flexibility index (Phi) is 6.56. The lowest BCUT2D eigenvalue weighted by atomic mass is 9.92. The van der Waals surface area contributed by atoms with E-state index >= 15 is 0 Å². The van der Waals surface area contributed by atoms with Crippen LogP contribution < -0.4 is 4.74 Å². The van der Waals surface area contributed by atoms with E-state index in [0.717, 1.165) is 29.7 Å². The molecule has 1 unspecified atom stereocenters. The first-order valence-electron chi connectivity index (χ1n) is 11.6. The average molecular weight is 449 g/mol. The smallest absolute Gasteiger partial charge is 0.295 e. The van der Waals surface area contributed by atoms with E-state index in [-0.39, 0.29) is 11.3 Å². The number of ether oxygens (including phenoxy) is 1. The summed E-state index contributed by atoms with van der Waals surface area (Å²) in [4.78, 5) is 29.8. The predicted molar refractivity (Wildman–Crippen MR) is 128 cm³/mol. The standard InChI is InChI=1S/C27H32N2O4/c1-17(2)18-7-9-19(10-8-18)24-23(26(31)27(32)29(24)14-13-28(3)4)25(30)21-11-12-22-20(16-21)6-5-15-33-22/h7-12,16-17,24,30H,5-6,13-15H2,1-4H3/b25-23-. The first-order valence-corrected chi connectivity index (χ1v) is 11.6. The SMILES string of the molecule is CC(C)c1ccc(C2/C(=C(/O)c3ccc4c(c3)CCCO4)C(=O)C(=O)N2CCN(C)C)cc1. The van der Waals surface area contributed by atoms with Gasteiger partial charge in [-0.25, -0.2) is 0 Å². The van der Waals surface area contributed by atoms with Gasteiger partial charge < -0.3 is 19.6 Å². The molecule has 2 aromatic carbocycles. The summed E-state index contributed by atoms with van der Waals surface area (Å²) in [5.41, 5.74) is 3.69. The summed E-state index contributed by atoms with van der Waals surface area (Å²) in [5, 5.41) is 11.3. The Hall–Kier alpha value is -3.12. The second kappa shape index (κ2) is 9.40. The van der Waals surface area contributed by atoms with Crippen molar-refractivity contribution in [2.45, 2.75) is 38.6 Å². The van der Waals surface area contributed by atoms with Crippen molar-refractivity contribution in [3.05, 3.63) is 70.3 Å². The number of likely N-dealkylation sites (tertiary alicyclic amines) is 1. The first kappa shape index (κ1) is 23.1. The number of amides is 1. The zero-order valence-corrected chi connectivity index (χ0v) is 19.8. The number of likely N-dealkylation sites (N-methyl/N-ethyl adjacent to an activating group) is 1.